The third-order valence-electron chi connectivity index (χ3n) is 7.09. The lowest BCUT2D eigenvalue weighted by Gasteiger charge is -2.51. The van der Waals surface area contributed by atoms with Crippen LogP contribution in [0.2, 0.25) is 0 Å². The van der Waals surface area contributed by atoms with Crippen molar-refractivity contribution in [1.29, 1.82) is 0 Å². The van der Waals surface area contributed by atoms with Gasteiger partial charge in [0.15, 0.2) is 5.78 Å². The van der Waals surface area contributed by atoms with Crippen molar-refractivity contribution in [2.24, 2.45) is 17.3 Å². The molecule has 0 heterocycles. The fourth-order valence-corrected chi connectivity index (χ4v) is 6.92. The normalized spacial score (nSPS) is 36.1. The van der Waals surface area contributed by atoms with Crippen LogP contribution in [0.25, 0.3) is 0 Å². The summed E-state index contributed by atoms with van der Waals surface area (Å²) >= 11 is 3.71. The van der Waals surface area contributed by atoms with Crippen molar-refractivity contribution in [3.05, 3.63) is 29.3 Å². The number of esters is 2. The summed E-state index contributed by atoms with van der Waals surface area (Å²) in [6.07, 6.45) is 3.67. The van der Waals surface area contributed by atoms with Gasteiger partial charge in [0.25, 0.3) is 0 Å². The first-order valence-electron chi connectivity index (χ1n) is 9.90. The molecule has 4 rings (SSSR count). The van der Waals surface area contributed by atoms with Crippen LogP contribution in [0.1, 0.15) is 68.3 Å². The SMILES string of the molecule is CC(=O)Oc1ccc2c(c1)C(=O)[C@@H](Br)C1C2CC[C@@]2(C)C1CC[C@@H]2OC(C)=O. The van der Waals surface area contributed by atoms with Crippen LogP contribution < -0.4 is 4.74 Å². The Morgan fingerprint density at radius 3 is 2.57 bits per heavy atom. The lowest BCUT2D eigenvalue weighted by Crippen LogP contribution is -2.50. The zero-order valence-electron chi connectivity index (χ0n) is 16.4. The topological polar surface area (TPSA) is 69.7 Å². The van der Waals surface area contributed by atoms with Gasteiger partial charge in [0, 0.05) is 24.8 Å². The average Bonchev–Trinajstić information content (AvgIpc) is 2.94. The molecule has 6 heteroatoms. The number of ether oxygens (including phenoxy) is 2. The Kier molecular flexibility index (Phi) is 4.89. The maximum atomic E-state index is 13.2. The first kappa shape index (κ1) is 19.6. The van der Waals surface area contributed by atoms with Gasteiger partial charge in [-0.3, -0.25) is 14.4 Å². The van der Waals surface area contributed by atoms with E-state index in [1.807, 2.05) is 6.07 Å². The predicted molar refractivity (Wildman–Crippen MR) is 107 cm³/mol. The van der Waals surface area contributed by atoms with E-state index in [0.29, 0.717) is 17.2 Å². The van der Waals surface area contributed by atoms with Crippen molar-refractivity contribution in [3.63, 3.8) is 0 Å². The first-order chi connectivity index (χ1) is 13.2. The number of carbonyl (C=O) groups is 3. The molecule has 3 aliphatic carbocycles. The Labute approximate surface area is 173 Å². The van der Waals surface area contributed by atoms with E-state index in [1.54, 1.807) is 12.1 Å². The summed E-state index contributed by atoms with van der Waals surface area (Å²) in [6, 6.07) is 5.43. The van der Waals surface area contributed by atoms with Gasteiger partial charge in [-0.15, -0.1) is 0 Å². The number of fused-ring (bicyclic) bond motifs is 5. The molecule has 6 atom stereocenters. The second-order valence-electron chi connectivity index (χ2n) is 8.62. The standard InChI is InChI=1S/C22H25BrO5/c1-11(24)27-13-4-5-14-15-8-9-22(3)17(6-7-18(22)28-12(2)25)19(15)20(23)21(26)16(14)10-13/h4-5,10,15,17-20H,6-9H2,1-3H3/t15?,17?,18-,19?,20-,22-/m0/s1. The molecule has 0 aromatic heterocycles. The van der Waals surface area contributed by atoms with Crippen LogP contribution in [0, 0.1) is 17.3 Å². The van der Waals surface area contributed by atoms with Gasteiger partial charge < -0.3 is 9.47 Å². The highest BCUT2D eigenvalue weighted by Crippen LogP contribution is 2.62. The summed E-state index contributed by atoms with van der Waals surface area (Å²) < 4.78 is 10.8. The fraction of sp³-hybridized carbons (Fsp3) is 0.591. The minimum Gasteiger partial charge on any atom is -0.462 e. The van der Waals surface area contributed by atoms with Crippen molar-refractivity contribution >= 4 is 33.7 Å². The van der Waals surface area contributed by atoms with E-state index < -0.39 is 5.97 Å². The number of alkyl halides is 1. The molecule has 5 nitrogen and oxygen atoms in total. The van der Waals surface area contributed by atoms with Crippen LogP contribution in [-0.4, -0.2) is 28.7 Å². The van der Waals surface area contributed by atoms with Gasteiger partial charge in [-0.2, -0.15) is 0 Å². The molecule has 2 saturated carbocycles. The van der Waals surface area contributed by atoms with Gasteiger partial charge in [0.05, 0.1) is 4.83 Å². The smallest absolute Gasteiger partial charge is 0.308 e. The third-order valence-corrected chi connectivity index (χ3v) is 8.12. The molecule has 3 aliphatic rings. The predicted octanol–water partition coefficient (Wildman–Crippen LogP) is 4.41. The van der Waals surface area contributed by atoms with Crippen molar-refractivity contribution in [1.82, 2.24) is 0 Å². The van der Waals surface area contributed by atoms with Crippen molar-refractivity contribution in [2.75, 3.05) is 0 Å². The van der Waals surface area contributed by atoms with E-state index in [0.717, 1.165) is 31.2 Å². The van der Waals surface area contributed by atoms with Crippen molar-refractivity contribution in [3.8, 4) is 5.75 Å². The van der Waals surface area contributed by atoms with Gasteiger partial charge >= 0.3 is 11.9 Å². The second kappa shape index (κ2) is 6.97. The molecular formula is C22H25BrO5. The molecule has 0 N–H and O–H groups in total. The molecule has 0 amide bonds. The summed E-state index contributed by atoms with van der Waals surface area (Å²) in [5.41, 5.74) is 1.62. The number of rotatable bonds is 2. The molecule has 0 aliphatic heterocycles. The Bertz CT molecular complexity index is 849. The third kappa shape index (κ3) is 3.00. The number of hydrogen-bond acceptors (Lipinski definition) is 5. The minimum absolute atomic E-state index is 0.0467. The highest BCUT2D eigenvalue weighted by atomic mass is 79.9. The summed E-state index contributed by atoms with van der Waals surface area (Å²) in [5.74, 6) is 0.612. The zero-order valence-corrected chi connectivity index (χ0v) is 18.0. The molecule has 1 aromatic carbocycles. The van der Waals surface area contributed by atoms with Crippen LogP contribution in [0.4, 0.5) is 0 Å². The van der Waals surface area contributed by atoms with E-state index >= 15 is 0 Å². The summed E-state index contributed by atoms with van der Waals surface area (Å²) in [4.78, 5) is 35.7. The lowest BCUT2D eigenvalue weighted by atomic mass is 9.55. The Morgan fingerprint density at radius 2 is 1.89 bits per heavy atom. The lowest BCUT2D eigenvalue weighted by molar-refractivity contribution is -0.154. The molecular weight excluding hydrogens is 424 g/mol. The average molecular weight is 449 g/mol. The van der Waals surface area contributed by atoms with Crippen molar-refractivity contribution in [2.45, 2.75) is 63.3 Å². The molecule has 0 radical (unpaired) electrons. The molecule has 150 valence electrons. The monoisotopic (exact) mass is 448 g/mol. The number of carbonyl (C=O) groups excluding carboxylic acids is 3. The minimum atomic E-state index is -0.396. The molecule has 28 heavy (non-hydrogen) atoms. The highest BCUT2D eigenvalue weighted by Gasteiger charge is 2.59. The summed E-state index contributed by atoms with van der Waals surface area (Å²) in [6.45, 7) is 5.04. The summed E-state index contributed by atoms with van der Waals surface area (Å²) in [7, 11) is 0. The molecule has 3 unspecified atom stereocenters. The number of ketones is 1. The molecule has 1 aromatic rings. The van der Waals surface area contributed by atoms with Crippen LogP contribution in [-0.2, 0) is 14.3 Å². The number of Topliss-reactive ketones (excluding diaryl/α,β-unsaturated/α-hetero) is 1. The van der Waals surface area contributed by atoms with Crippen LogP contribution in [0.15, 0.2) is 18.2 Å². The molecule has 0 bridgehead atoms. The van der Waals surface area contributed by atoms with Crippen LogP contribution in [0.5, 0.6) is 5.75 Å². The van der Waals surface area contributed by atoms with Gasteiger partial charge in [-0.1, -0.05) is 28.9 Å². The Balaban J connectivity index is 1.69. The zero-order chi connectivity index (χ0) is 20.2. The molecule has 0 spiro atoms. The van der Waals surface area contributed by atoms with Gasteiger partial charge in [0.1, 0.15) is 11.9 Å². The summed E-state index contributed by atoms with van der Waals surface area (Å²) in [5, 5.41) is 0. The number of halogens is 1. The van der Waals surface area contributed by atoms with E-state index in [2.05, 4.69) is 22.9 Å². The highest BCUT2D eigenvalue weighted by molar-refractivity contribution is 9.10. The van der Waals surface area contributed by atoms with Gasteiger partial charge in [-0.05, 0) is 61.1 Å². The molecule has 2 fully saturated rings. The van der Waals surface area contributed by atoms with E-state index in [1.165, 1.54) is 13.8 Å². The number of benzene rings is 1. The Hall–Kier alpha value is -1.69. The maximum Gasteiger partial charge on any atom is 0.308 e. The van der Waals surface area contributed by atoms with Crippen molar-refractivity contribution < 1.29 is 23.9 Å². The van der Waals surface area contributed by atoms with E-state index in [4.69, 9.17) is 9.47 Å². The van der Waals surface area contributed by atoms with Crippen LogP contribution in [0.3, 0.4) is 0 Å². The number of hydrogen-bond donors (Lipinski definition) is 0. The fourth-order valence-electron chi connectivity index (χ4n) is 5.94. The van der Waals surface area contributed by atoms with E-state index in [-0.39, 0.29) is 39.9 Å². The van der Waals surface area contributed by atoms with Gasteiger partial charge in [-0.25, -0.2) is 0 Å². The van der Waals surface area contributed by atoms with E-state index in [9.17, 15) is 14.4 Å². The second-order valence-corrected chi connectivity index (χ2v) is 9.61. The molecule has 0 saturated heterocycles. The Morgan fingerprint density at radius 1 is 1.14 bits per heavy atom. The van der Waals surface area contributed by atoms with Gasteiger partial charge in [0.2, 0.25) is 0 Å². The quantitative estimate of drug-likeness (QED) is 0.380. The largest absolute Gasteiger partial charge is 0.462 e. The maximum absolute atomic E-state index is 13.2. The first-order valence-corrected chi connectivity index (χ1v) is 10.8. The van der Waals surface area contributed by atoms with Crippen LogP contribution >= 0.6 is 15.9 Å².